The van der Waals surface area contributed by atoms with E-state index in [9.17, 15) is 9.18 Å². The smallest absolute Gasteiger partial charge is 0.224 e. The van der Waals surface area contributed by atoms with E-state index in [0.717, 1.165) is 43.6 Å². The highest BCUT2D eigenvalue weighted by molar-refractivity contribution is 5.79. The molecule has 2 aromatic carbocycles. The van der Waals surface area contributed by atoms with Gasteiger partial charge in [0.25, 0.3) is 0 Å². The van der Waals surface area contributed by atoms with Crippen LogP contribution in [-0.2, 0) is 11.3 Å². The Morgan fingerprint density at radius 3 is 2.64 bits per heavy atom. The van der Waals surface area contributed by atoms with Crippen LogP contribution < -0.4 is 5.32 Å². The van der Waals surface area contributed by atoms with E-state index in [2.05, 4.69) is 10.2 Å². The van der Waals surface area contributed by atoms with Crippen molar-refractivity contribution in [3.05, 3.63) is 71.5 Å². The molecule has 0 bridgehead atoms. The van der Waals surface area contributed by atoms with Gasteiger partial charge in [0, 0.05) is 13.1 Å². The zero-order valence-electron chi connectivity index (χ0n) is 14.6. The van der Waals surface area contributed by atoms with Gasteiger partial charge >= 0.3 is 0 Å². The van der Waals surface area contributed by atoms with E-state index in [0.29, 0.717) is 0 Å². The van der Waals surface area contributed by atoms with Gasteiger partial charge in [0.15, 0.2) is 0 Å². The van der Waals surface area contributed by atoms with Crippen LogP contribution >= 0.6 is 0 Å². The first-order chi connectivity index (χ1) is 12.1. The first-order valence-electron chi connectivity index (χ1n) is 8.94. The number of hydrogen-bond acceptors (Lipinski definition) is 2. The molecule has 1 heterocycles. The number of halogens is 1. The molecule has 0 aliphatic carbocycles. The van der Waals surface area contributed by atoms with E-state index in [1.807, 2.05) is 49.4 Å². The van der Waals surface area contributed by atoms with Crippen LogP contribution in [0.4, 0.5) is 4.39 Å². The summed E-state index contributed by atoms with van der Waals surface area (Å²) in [4.78, 5) is 14.9. The van der Waals surface area contributed by atoms with Crippen molar-refractivity contribution in [3.63, 3.8) is 0 Å². The van der Waals surface area contributed by atoms with Gasteiger partial charge in [-0.1, -0.05) is 42.5 Å². The monoisotopic (exact) mass is 340 g/mol. The molecule has 3 rings (SSSR count). The summed E-state index contributed by atoms with van der Waals surface area (Å²) >= 11 is 0. The predicted molar refractivity (Wildman–Crippen MR) is 97.4 cm³/mol. The number of benzene rings is 2. The van der Waals surface area contributed by atoms with E-state index in [1.54, 1.807) is 0 Å². The molecule has 4 heteroatoms. The third-order valence-corrected chi connectivity index (χ3v) is 4.85. The number of carbonyl (C=O) groups excluding carboxylic acids is 1. The van der Waals surface area contributed by atoms with Crippen LogP contribution in [0.25, 0.3) is 0 Å². The van der Waals surface area contributed by atoms with Gasteiger partial charge in [-0.25, -0.2) is 4.39 Å². The third-order valence-electron chi connectivity index (χ3n) is 4.85. The number of carbonyl (C=O) groups is 1. The Morgan fingerprint density at radius 1 is 1.20 bits per heavy atom. The summed E-state index contributed by atoms with van der Waals surface area (Å²) in [6.07, 6.45) is 1.94. The zero-order chi connectivity index (χ0) is 17.6. The molecule has 3 nitrogen and oxygen atoms in total. The predicted octanol–water partition coefficient (Wildman–Crippen LogP) is 3.92. The highest BCUT2D eigenvalue weighted by Crippen LogP contribution is 2.20. The second-order valence-corrected chi connectivity index (χ2v) is 6.84. The fourth-order valence-electron chi connectivity index (χ4n) is 3.42. The third kappa shape index (κ3) is 4.89. The summed E-state index contributed by atoms with van der Waals surface area (Å²) < 4.78 is 13.0. The quantitative estimate of drug-likeness (QED) is 0.895. The second-order valence-electron chi connectivity index (χ2n) is 6.84. The maximum atomic E-state index is 13.0. The molecular formula is C21H25FN2O. The normalized spacial score (nSPS) is 19.4. The van der Waals surface area contributed by atoms with E-state index in [-0.39, 0.29) is 23.7 Å². The summed E-state index contributed by atoms with van der Waals surface area (Å²) in [5, 5.41) is 3.14. The molecule has 1 fully saturated rings. The Balaban J connectivity index is 1.55. The van der Waals surface area contributed by atoms with Gasteiger partial charge in [-0.05, 0) is 49.6 Å². The van der Waals surface area contributed by atoms with Crippen LogP contribution in [0.3, 0.4) is 0 Å². The minimum Gasteiger partial charge on any atom is -0.349 e. The van der Waals surface area contributed by atoms with Gasteiger partial charge in [0.1, 0.15) is 5.82 Å². The molecular weight excluding hydrogens is 315 g/mol. The van der Waals surface area contributed by atoms with Crippen molar-refractivity contribution in [2.45, 2.75) is 32.4 Å². The highest BCUT2D eigenvalue weighted by atomic mass is 19.1. The van der Waals surface area contributed by atoms with Gasteiger partial charge in [-0.2, -0.15) is 0 Å². The van der Waals surface area contributed by atoms with Crippen LogP contribution in [0.5, 0.6) is 0 Å². The molecule has 1 saturated heterocycles. The lowest BCUT2D eigenvalue weighted by atomic mass is 9.96. The van der Waals surface area contributed by atoms with Crippen molar-refractivity contribution >= 4 is 5.91 Å². The fraction of sp³-hybridized carbons (Fsp3) is 0.381. The number of likely N-dealkylation sites (tertiary alicyclic amines) is 1. The average molecular weight is 340 g/mol. The second kappa shape index (κ2) is 8.26. The number of hydrogen-bond donors (Lipinski definition) is 1. The van der Waals surface area contributed by atoms with E-state index < -0.39 is 0 Å². The molecule has 0 saturated carbocycles. The molecule has 2 atom stereocenters. The first kappa shape index (κ1) is 17.6. The minimum absolute atomic E-state index is 0.0142. The average Bonchev–Trinajstić information content (AvgIpc) is 2.64. The summed E-state index contributed by atoms with van der Waals surface area (Å²) in [6, 6.07) is 16.7. The van der Waals surface area contributed by atoms with Crippen LogP contribution in [0, 0.1) is 11.7 Å². The minimum atomic E-state index is -0.213. The Morgan fingerprint density at radius 2 is 1.92 bits per heavy atom. The fourth-order valence-corrected chi connectivity index (χ4v) is 3.42. The lowest BCUT2D eigenvalue weighted by molar-refractivity contribution is -0.127. The summed E-state index contributed by atoms with van der Waals surface area (Å²) in [6.45, 7) is 4.52. The molecule has 0 radical (unpaired) electrons. The van der Waals surface area contributed by atoms with E-state index >= 15 is 0 Å². The largest absolute Gasteiger partial charge is 0.349 e. The number of piperidine rings is 1. The molecule has 1 amide bonds. The summed E-state index contributed by atoms with van der Waals surface area (Å²) in [5.74, 6) is -0.0740. The Kier molecular flexibility index (Phi) is 5.82. The van der Waals surface area contributed by atoms with Crippen molar-refractivity contribution < 1.29 is 9.18 Å². The summed E-state index contributed by atoms with van der Waals surface area (Å²) in [7, 11) is 0. The van der Waals surface area contributed by atoms with Gasteiger partial charge in [-0.15, -0.1) is 0 Å². The Labute approximate surface area is 148 Å². The molecule has 0 aromatic heterocycles. The van der Waals surface area contributed by atoms with Gasteiger partial charge in [-0.3, -0.25) is 9.69 Å². The standard InChI is InChI=1S/C21H25FN2O/c1-16(18-6-3-2-4-7-18)23-21(25)19-8-5-13-24(15-19)14-17-9-11-20(22)12-10-17/h2-4,6-7,9-12,16,19H,5,8,13-15H2,1H3,(H,23,25). The Hall–Kier alpha value is -2.20. The van der Waals surface area contributed by atoms with E-state index in [1.165, 1.54) is 12.1 Å². The molecule has 2 aromatic rings. The number of rotatable bonds is 5. The number of nitrogens with one attached hydrogen (secondary N) is 1. The van der Waals surface area contributed by atoms with Crippen molar-refractivity contribution in [3.8, 4) is 0 Å². The maximum absolute atomic E-state index is 13.0. The Bertz CT molecular complexity index is 687. The lowest BCUT2D eigenvalue weighted by Crippen LogP contribution is -2.43. The SMILES string of the molecule is CC(NC(=O)C1CCCN(Cc2ccc(F)cc2)C1)c1ccccc1. The molecule has 25 heavy (non-hydrogen) atoms. The lowest BCUT2D eigenvalue weighted by Gasteiger charge is -2.32. The number of amides is 1. The van der Waals surface area contributed by atoms with Gasteiger partial charge in [0.2, 0.25) is 5.91 Å². The van der Waals surface area contributed by atoms with Crippen LogP contribution in [-0.4, -0.2) is 23.9 Å². The maximum Gasteiger partial charge on any atom is 0.224 e. The molecule has 132 valence electrons. The van der Waals surface area contributed by atoms with E-state index in [4.69, 9.17) is 0 Å². The van der Waals surface area contributed by atoms with Gasteiger partial charge < -0.3 is 5.32 Å². The molecule has 1 aliphatic heterocycles. The number of nitrogens with zero attached hydrogens (tertiary/aromatic N) is 1. The van der Waals surface area contributed by atoms with Crippen LogP contribution in [0.1, 0.15) is 36.9 Å². The first-order valence-corrected chi connectivity index (χ1v) is 8.94. The topological polar surface area (TPSA) is 32.3 Å². The van der Waals surface area contributed by atoms with Crippen LogP contribution in [0.15, 0.2) is 54.6 Å². The molecule has 2 unspecified atom stereocenters. The van der Waals surface area contributed by atoms with Crippen molar-refractivity contribution in [2.75, 3.05) is 13.1 Å². The molecule has 0 spiro atoms. The van der Waals surface area contributed by atoms with Crippen molar-refractivity contribution in [2.24, 2.45) is 5.92 Å². The van der Waals surface area contributed by atoms with Crippen molar-refractivity contribution in [1.82, 2.24) is 10.2 Å². The zero-order valence-corrected chi connectivity index (χ0v) is 14.6. The molecule has 1 aliphatic rings. The van der Waals surface area contributed by atoms with Crippen LogP contribution in [0.2, 0.25) is 0 Å². The summed E-state index contributed by atoms with van der Waals surface area (Å²) in [5.41, 5.74) is 2.20. The van der Waals surface area contributed by atoms with Gasteiger partial charge in [0.05, 0.1) is 12.0 Å². The van der Waals surface area contributed by atoms with Crippen molar-refractivity contribution in [1.29, 1.82) is 0 Å². The highest BCUT2D eigenvalue weighted by Gasteiger charge is 2.26. The molecule has 1 N–H and O–H groups in total.